The molecular formula is C80H68N4O. The highest BCUT2D eigenvalue weighted by Crippen LogP contribution is 2.51. The van der Waals surface area contributed by atoms with Crippen LogP contribution >= 0.6 is 0 Å². The molecule has 2 aliphatic rings. The number of aryl methyl sites for hydroxylation is 2. The van der Waals surface area contributed by atoms with E-state index < -0.39 is 146 Å². The van der Waals surface area contributed by atoms with Gasteiger partial charge < -0.3 is 4.74 Å². The average Bonchev–Trinajstić information content (AvgIpc) is 1.15. The summed E-state index contributed by atoms with van der Waals surface area (Å²) in [6.07, 6.45) is -4.10. The van der Waals surface area contributed by atoms with Gasteiger partial charge in [-0.1, -0.05) is 206 Å². The predicted octanol–water partition coefficient (Wildman–Crippen LogP) is 20.6. The highest BCUT2D eigenvalue weighted by molar-refractivity contribution is 6.10. The molecule has 0 spiro atoms. The van der Waals surface area contributed by atoms with Crippen LogP contribution in [0.3, 0.4) is 0 Å². The number of imidazole rings is 1. The molecular weight excluding hydrogens is 1030 g/mol. The first-order valence-electron chi connectivity index (χ1n) is 42.5. The Hall–Kier alpha value is -9.58. The minimum atomic E-state index is -4.69. The summed E-state index contributed by atoms with van der Waals surface area (Å²) in [6.45, 7) is -17.4. The van der Waals surface area contributed by atoms with E-state index in [0.29, 0.717) is 17.1 Å². The van der Waals surface area contributed by atoms with Crippen molar-refractivity contribution in [3.05, 3.63) is 259 Å². The van der Waals surface area contributed by atoms with Crippen molar-refractivity contribution < 1.29 is 50.4 Å². The molecule has 0 saturated heterocycles. The van der Waals surface area contributed by atoms with Crippen LogP contribution in [0.2, 0.25) is 0 Å². The van der Waals surface area contributed by atoms with Gasteiger partial charge in [0.25, 0.3) is 6.33 Å². The van der Waals surface area contributed by atoms with Crippen LogP contribution in [0.4, 0.5) is 0 Å². The molecule has 3 aromatic heterocycles. The number of para-hydroxylation sites is 2. The third kappa shape index (κ3) is 8.57. The van der Waals surface area contributed by atoms with Gasteiger partial charge in [0.1, 0.15) is 17.3 Å². The van der Waals surface area contributed by atoms with Gasteiger partial charge in [0, 0.05) is 53.2 Å². The highest BCUT2D eigenvalue weighted by Gasteiger charge is 2.37. The number of ether oxygens (including phenoxy) is 1. The molecule has 15 rings (SSSR count). The zero-order valence-corrected chi connectivity index (χ0v) is 45.9. The van der Waals surface area contributed by atoms with Crippen molar-refractivity contribution in [1.82, 2.24) is 14.1 Å². The predicted molar refractivity (Wildman–Crippen MR) is 352 cm³/mol. The Morgan fingerprint density at radius 2 is 1.25 bits per heavy atom. The van der Waals surface area contributed by atoms with E-state index in [-0.39, 0.29) is 89.2 Å². The Bertz CT molecular complexity index is 6190. The van der Waals surface area contributed by atoms with E-state index in [1.54, 1.807) is 85.1 Å². The first kappa shape index (κ1) is 29.3. The monoisotopic (exact) mass is 1130 g/mol. The van der Waals surface area contributed by atoms with Crippen LogP contribution in [-0.4, -0.2) is 14.1 Å². The van der Waals surface area contributed by atoms with E-state index in [4.69, 9.17) is 30.3 Å². The summed E-state index contributed by atoms with van der Waals surface area (Å²) in [5.74, 6) is 1.12. The molecule has 5 nitrogen and oxygen atoms in total. The van der Waals surface area contributed by atoms with Crippen molar-refractivity contribution in [2.45, 2.75) is 90.9 Å². The van der Waals surface area contributed by atoms with Crippen LogP contribution in [-0.2, 0) is 16.2 Å². The molecule has 0 N–H and O–H groups in total. The van der Waals surface area contributed by atoms with E-state index in [2.05, 4.69) is 27.1 Å². The Morgan fingerprint density at radius 3 is 2.05 bits per heavy atom. The molecule has 0 saturated carbocycles. The lowest BCUT2D eigenvalue weighted by Gasteiger charge is -2.42. The van der Waals surface area contributed by atoms with Crippen molar-refractivity contribution in [1.29, 1.82) is 0 Å². The molecule has 0 radical (unpaired) electrons. The number of fused-ring (bicyclic) bond motifs is 11. The number of hydrogen-bond donors (Lipinski definition) is 0. The molecule has 5 heteroatoms. The van der Waals surface area contributed by atoms with E-state index in [9.17, 15) is 20.6 Å². The molecule has 0 unspecified atom stereocenters. The molecule has 1 aliphatic carbocycles. The fourth-order valence-electron chi connectivity index (χ4n) is 12.1. The molecule has 0 fully saturated rings. The van der Waals surface area contributed by atoms with Gasteiger partial charge in [0.15, 0.2) is 0 Å². The van der Waals surface area contributed by atoms with Crippen LogP contribution in [0.15, 0.2) is 224 Å². The molecule has 0 amide bonds. The Labute approximate surface area is 541 Å². The lowest BCUT2D eigenvalue weighted by atomic mass is 9.63. The fourth-order valence-corrected chi connectivity index (χ4v) is 12.1. The molecule has 4 heterocycles. The molecule has 1 aliphatic heterocycles. The van der Waals surface area contributed by atoms with Crippen LogP contribution in [0, 0.1) is 20.0 Å². The first-order valence-corrected chi connectivity index (χ1v) is 27.5. The molecule has 0 atom stereocenters. The van der Waals surface area contributed by atoms with Crippen LogP contribution in [0.25, 0.3) is 117 Å². The lowest BCUT2D eigenvalue weighted by Crippen LogP contribution is -2.33. The van der Waals surface area contributed by atoms with E-state index in [1.165, 1.54) is 51.6 Å². The fraction of sp³-hybridized carbons (Fsp3) is 0.175. The second-order valence-electron chi connectivity index (χ2n) is 22.4. The first-order chi connectivity index (χ1) is 53.4. The third-order valence-corrected chi connectivity index (χ3v) is 16.0. The number of pyridine rings is 1. The van der Waals surface area contributed by atoms with Crippen molar-refractivity contribution in [2.24, 2.45) is 0 Å². The van der Waals surface area contributed by atoms with Crippen molar-refractivity contribution in [2.75, 3.05) is 0 Å². The van der Waals surface area contributed by atoms with Crippen molar-refractivity contribution in [3.63, 3.8) is 0 Å². The summed E-state index contributed by atoms with van der Waals surface area (Å²) in [5.41, 5.74) is -12.2. The summed E-state index contributed by atoms with van der Waals surface area (Å²) in [6, 6.07) is 38.1. The minimum absolute atomic E-state index is 0.00783. The van der Waals surface area contributed by atoms with E-state index in [0.717, 1.165) is 21.9 Å². The summed E-state index contributed by atoms with van der Waals surface area (Å²) >= 11 is 0. The molecule has 85 heavy (non-hydrogen) atoms. The maximum absolute atomic E-state index is 10.5. The van der Waals surface area contributed by atoms with Gasteiger partial charge >= 0.3 is 0 Å². The van der Waals surface area contributed by atoms with Gasteiger partial charge in [-0.25, -0.2) is 4.98 Å². The number of hydrogen-bond acceptors (Lipinski definition) is 2. The van der Waals surface area contributed by atoms with Gasteiger partial charge in [0.05, 0.1) is 44.4 Å². The summed E-state index contributed by atoms with van der Waals surface area (Å²) in [7, 11) is 0. The van der Waals surface area contributed by atoms with Crippen molar-refractivity contribution >= 4 is 32.8 Å². The molecule has 13 aromatic rings. The zero-order chi connectivity index (χ0) is 83.6. The van der Waals surface area contributed by atoms with Crippen LogP contribution in [0.1, 0.15) is 130 Å². The SMILES string of the molecule is [2H]c1c([2H])c([2H])c(-c2cccc3c2-c2ccccc2-c2cc(-c4c([2H])c([2H])c5c(c4[2H])C(C([2H])([2H])[2H])(C([2H])([2H])[2H])C([2H])([2H])C([2H])([2H])C5(C([2H])([2H])[2H])C([2H])([2H])[2H])cc4c2[n+]([c-]n4-c2cccc(Oc4ccc5c6ccccc6n(-c6cc(C(C)(C)C)ccn6)c5c4)c2)-c2c-3cccc2-c2c(C([2H])([2H])[2H])cccc2C([2H])([2H])[2H])c([2H])c1[2H]. The summed E-state index contributed by atoms with van der Waals surface area (Å²) in [4.78, 5) is 4.84. The summed E-state index contributed by atoms with van der Waals surface area (Å²) < 4.78 is 291. The normalized spacial score (nSPS) is 21.3. The minimum Gasteiger partial charge on any atom is -0.458 e. The summed E-state index contributed by atoms with van der Waals surface area (Å²) in [5, 5.41) is 1.77. The molecule has 414 valence electrons. The lowest BCUT2D eigenvalue weighted by molar-refractivity contribution is -0.570. The van der Waals surface area contributed by atoms with Gasteiger partial charge in [0.2, 0.25) is 0 Å². The second-order valence-corrected chi connectivity index (χ2v) is 22.4. The van der Waals surface area contributed by atoms with E-state index >= 15 is 0 Å². The maximum atomic E-state index is 10.5. The van der Waals surface area contributed by atoms with Crippen molar-refractivity contribution in [3.8, 4) is 95.5 Å². The Morgan fingerprint density at radius 1 is 0.553 bits per heavy atom. The standard InChI is InChI=1S/C80H68N4O/c1-50-21-17-22-51(2)74(50)66-33-20-32-65-64-31-19-30-59(52-23-11-10-12-24-52)75(64)63-29-14-13-27-60(63)67-43-54(53-35-38-68-69(44-53)80(8,9)41-40-79(68,6)7)45-72-77(67)83(76(65)66)49-82(72)56-25-18-26-57(47-56)85-58-36-37-62-61-28-15-16-34-70(61)84(71(62)48-58)73-46-55(39-42-81-73)78(3,4)5/h10-39,42-48H,40-41H2,1-9H3/i1D3,2D3,6D3,7D3,8D3,9D3,10D,11D,12D,23D,24D,35D,38D,40D2,41D2,44D. The average molecular weight is 1130 g/mol. The second kappa shape index (κ2) is 19.5. The zero-order valence-electron chi connectivity index (χ0n) is 75.9. The quantitative estimate of drug-likeness (QED) is 0.118. The number of nitrogens with zero attached hydrogens (tertiary/aromatic N) is 4. The van der Waals surface area contributed by atoms with Gasteiger partial charge in [-0.3, -0.25) is 13.7 Å². The number of rotatable bonds is 7. The Kier molecular flexibility index (Phi) is 6.72. The van der Waals surface area contributed by atoms with E-state index in [1.807, 2.05) is 53.1 Å². The smallest absolute Gasteiger partial charge is 0.269 e. The van der Waals surface area contributed by atoms with Gasteiger partial charge in [-0.05, 0) is 192 Å². The van der Waals surface area contributed by atoms with Crippen LogP contribution in [0.5, 0.6) is 11.5 Å². The third-order valence-electron chi connectivity index (χ3n) is 16.0. The molecule has 0 bridgehead atoms. The molecule has 10 aromatic carbocycles. The van der Waals surface area contributed by atoms with Gasteiger partial charge in [-0.15, -0.1) is 0 Å². The van der Waals surface area contributed by atoms with Gasteiger partial charge in [-0.2, -0.15) is 0 Å². The Balaban J connectivity index is 1.13. The maximum Gasteiger partial charge on any atom is 0.269 e. The van der Waals surface area contributed by atoms with Crippen LogP contribution < -0.4 is 9.30 Å². The topological polar surface area (TPSA) is 35.9 Å². The largest absolute Gasteiger partial charge is 0.458 e. The number of aromatic nitrogens is 4. The number of benzene rings is 10. The highest BCUT2D eigenvalue weighted by atomic mass is 16.5.